The predicted molar refractivity (Wildman–Crippen MR) is 125 cm³/mol. The molecule has 0 radical (unpaired) electrons. The topological polar surface area (TPSA) is 79.4 Å². The molecule has 0 unspecified atom stereocenters. The molecule has 31 heavy (non-hydrogen) atoms. The second kappa shape index (κ2) is 8.50. The minimum atomic E-state index is -3.64. The third kappa shape index (κ3) is 4.35. The molecule has 6 nitrogen and oxygen atoms in total. The summed E-state index contributed by atoms with van der Waals surface area (Å²) in [6, 6.07) is 9.01. The van der Waals surface area contributed by atoms with Crippen molar-refractivity contribution < 1.29 is 13.2 Å². The van der Waals surface area contributed by atoms with Crippen LogP contribution in [0.5, 0.6) is 0 Å². The molecule has 1 aromatic heterocycles. The van der Waals surface area contributed by atoms with Gasteiger partial charge in [0.15, 0.2) is 0 Å². The van der Waals surface area contributed by atoms with Crippen molar-refractivity contribution in [3.8, 4) is 0 Å². The second-order valence-electron chi connectivity index (χ2n) is 7.85. The summed E-state index contributed by atoms with van der Waals surface area (Å²) >= 11 is 7.76. The fourth-order valence-corrected chi connectivity index (χ4v) is 6.29. The van der Waals surface area contributed by atoms with Crippen LogP contribution >= 0.6 is 22.9 Å². The zero-order valence-corrected chi connectivity index (χ0v) is 20.0. The average molecular weight is 478 g/mol. The van der Waals surface area contributed by atoms with Crippen molar-refractivity contribution in [3.05, 3.63) is 57.1 Å². The first-order valence-electron chi connectivity index (χ1n) is 10.1. The van der Waals surface area contributed by atoms with Gasteiger partial charge in [-0.25, -0.2) is 18.1 Å². The summed E-state index contributed by atoms with van der Waals surface area (Å²) in [5, 5.41) is 1.76. The zero-order chi connectivity index (χ0) is 22.3. The van der Waals surface area contributed by atoms with Crippen LogP contribution in [-0.2, 0) is 10.0 Å². The number of carbonyl (C=O) groups is 1. The number of likely N-dealkylation sites (tertiary alicyclic amines) is 1. The lowest BCUT2D eigenvalue weighted by Crippen LogP contribution is -2.38. The summed E-state index contributed by atoms with van der Waals surface area (Å²) in [6.07, 6.45) is 1.65. The maximum atomic E-state index is 13.1. The third-order valence-corrected chi connectivity index (χ3v) is 8.90. The van der Waals surface area contributed by atoms with Crippen LogP contribution in [0.25, 0.3) is 10.2 Å². The number of halogens is 1. The van der Waals surface area contributed by atoms with Gasteiger partial charge in [-0.05, 0) is 75.2 Å². The lowest BCUT2D eigenvalue weighted by molar-refractivity contribution is 0.0712. The van der Waals surface area contributed by atoms with Crippen LogP contribution in [0.3, 0.4) is 0 Å². The van der Waals surface area contributed by atoms with Crippen LogP contribution < -0.4 is 4.72 Å². The number of amides is 1. The Balaban J connectivity index is 1.51. The largest absolute Gasteiger partial charge is 0.339 e. The maximum absolute atomic E-state index is 13.1. The zero-order valence-electron chi connectivity index (χ0n) is 17.6. The number of nitrogens with zero attached hydrogens (tertiary/aromatic N) is 2. The van der Waals surface area contributed by atoms with Crippen LogP contribution in [0.4, 0.5) is 0 Å². The molecule has 9 heteroatoms. The average Bonchev–Trinajstić information content (AvgIpc) is 3.18. The van der Waals surface area contributed by atoms with Crippen LogP contribution in [0, 0.1) is 13.8 Å². The highest BCUT2D eigenvalue weighted by molar-refractivity contribution is 7.89. The van der Waals surface area contributed by atoms with Crippen molar-refractivity contribution in [2.75, 3.05) is 20.1 Å². The van der Waals surface area contributed by atoms with Gasteiger partial charge in [-0.1, -0.05) is 11.6 Å². The lowest BCUT2D eigenvalue weighted by atomic mass is 9.96. The predicted octanol–water partition coefficient (Wildman–Crippen LogP) is 4.49. The smallest absolute Gasteiger partial charge is 0.253 e. The normalized spacial score (nSPS) is 15.5. The molecule has 1 fully saturated rings. The molecule has 3 aromatic rings. The number of aryl methyl sites for hydroxylation is 1. The quantitative estimate of drug-likeness (QED) is 0.600. The molecule has 0 bridgehead atoms. The molecule has 2 heterocycles. The summed E-state index contributed by atoms with van der Waals surface area (Å²) in [5.74, 6) is 0.172. The molecule has 2 aromatic carbocycles. The number of hydrogen-bond acceptors (Lipinski definition) is 5. The van der Waals surface area contributed by atoms with E-state index in [9.17, 15) is 13.2 Å². The number of aromatic nitrogens is 1. The molecule has 1 aliphatic rings. The summed E-state index contributed by atoms with van der Waals surface area (Å²) < 4.78 is 28.2. The van der Waals surface area contributed by atoms with Crippen molar-refractivity contribution in [3.63, 3.8) is 0 Å². The van der Waals surface area contributed by atoms with E-state index < -0.39 is 10.0 Å². The molecular formula is C22H24ClN3O3S2. The molecular weight excluding hydrogens is 454 g/mol. The van der Waals surface area contributed by atoms with Gasteiger partial charge in [-0.3, -0.25) is 4.79 Å². The van der Waals surface area contributed by atoms with Crippen molar-refractivity contribution >= 4 is 49.1 Å². The number of benzene rings is 2. The van der Waals surface area contributed by atoms with Gasteiger partial charge in [0.1, 0.15) is 0 Å². The highest BCUT2D eigenvalue weighted by Crippen LogP contribution is 2.35. The summed E-state index contributed by atoms with van der Waals surface area (Å²) in [6.45, 7) is 4.80. The van der Waals surface area contributed by atoms with Crippen LogP contribution in [0.2, 0.25) is 5.02 Å². The second-order valence-corrected chi connectivity index (χ2v) is 11.2. The molecule has 164 valence electrons. The van der Waals surface area contributed by atoms with Crippen LogP contribution in [0.15, 0.2) is 35.2 Å². The molecule has 4 rings (SSSR count). The van der Waals surface area contributed by atoms with Gasteiger partial charge in [0, 0.05) is 29.6 Å². The fraction of sp³-hybridized carbons (Fsp3) is 0.364. The SMILES string of the molecule is CNS(=O)(=O)c1cc(C(=O)N2CCC(c3nc4cc(Cl)ccc4s3)CC2)cc(C)c1C. The number of fused-ring (bicyclic) bond motifs is 1. The Morgan fingerprint density at radius 3 is 2.58 bits per heavy atom. The van der Waals surface area contributed by atoms with Crippen molar-refractivity contribution in [2.45, 2.75) is 37.5 Å². The van der Waals surface area contributed by atoms with Crippen molar-refractivity contribution in [2.24, 2.45) is 0 Å². The van der Waals surface area contributed by atoms with E-state index in [4.69, 9.17) is 16.6 Å². The maximum Gasteiger partial charge on any atom is 0.253 e. The summed E-state index contributed by atoms with van der Waals surface area (Å²) in [7, 11) is -2.26. The monoisotopic (exact) mass is 477 g/mol. The number of rotatable bonds is 4. The highest BCUT2D eigenvalue weighted by atomic mass is 35.5. The van der Waals surface area contributed by atoms with E-state index in [2.05, 4.69) is 4.72 Å². The van der Waals surface area contributed by atoms with Crippen molar-refractivity contribution in [1.82, 2.24) is 14.6 Å². The van der Waals surface area contributed by atoms with Gasteiger partial charge in [0.2, 0.25) is 10.0 Å². The number of carbonyl (C=O) groups excluding carboxylic acids is 1. The number of sulfonamides is 1. The summed E-state index contributed by atoms with van der Waals surface area (Å²) in [5.41, 5.74) is 2.76. The molecule has 0 spiro atoms. The Morgan fingerprint density at radius 2 is 1.90 bits per heavy atom. The third-order valence-electron chi connectivity index (χ3n) is 5.92. The minimum absolute atomic E-state index is 0.134. The Labute approximate surface area is 191 Å². The number of piperidine rings is 1. The Morgan fingerprint density at radius 1 is 1.19 bits per heavy atom. The number of thiazole rings is 1. The molecule has 0 saturated carbocycles. The highest BCUT2D eigenvalue weighted by Gasteiger charge is 2.28. The first kappa shape index (κ1) is 22.2. The first-order valence-corrected chi connectivity index (χ1v) is 12.8. The van der Waals surface area contributed by atoms with E-state index in [1.165, 1.54) is 13.1 Å². The standard InChI is InChI=1S/C22H24ClN3O3S2/c1-13-10-16(11-20(14(13)2)31(28,29)24-3)22(27)26-8-6-15(7-9-26)21-25-18-12-17(23)4-5-19(18)30-21/h4-5,10-12,15,24H,6-9H2,1-3H3. The number of nitrogens with one attached hydrogen (secondary N) is 1. The Hall–Kier alpha value is -2.00. The van der Waals surface area contributed by atoms with Gasteiger partial charge >= 0.3 is 0 Å². The van der Waals surface area contributed by atoms with Crippen LogP contribution in [0.1, 0.15) is 45.3 Å². The van der Waals surface area contributed by atoms with E-state index in [1.54, 1.807) is 29.2 Å². The molecule has 1 saturated heterocycles. The van der Waals surface area contributed by atoms with E-state index in [0.717, 1.165) is 33.6 Å². The number of hydrogen-bond donors (Lipinski definition) is 1. The molecule has 1 aliphatic heterocycles. The van der Waals surface area contributed by atoms with Gasteiger partial charge in [0.25, 0.3) is 5.91 Å². The summed E-state index contributed by atoms with van der Waals surface area (Å²) in [4.78, 5) is 19.8. The van der Waals surface area contributed by atoms with Gasteiger partial charge in [-0.15, -0.1) is 11.3 Å². The van der Waals surface area contributed by atoms with Crippen LogP contribution in [-0.4, -0.2) is 44.3 Å². The fourth-order valence-electron chi connectivity index (χ4n) is 3.94. The Bertz CT molecular complexity index is 1260. The lowest BCUT2D eigenvalue weighted by Gasteiger charge is -2.31. The first-order chi connectivity index (χ1) is 14.7. The molecule has 1 amide bonds. The van der Waals surface area contributed by atoms with E-state index in [-0.39, 0.29) is 10.8 Å². The van der Waals surface area contributed by atoms with E-state index >= 15 is 0 Å². The molecule has 1 N–H and O–H groups in total. The van der Waals surface area contributed by atoms with Gasteiger partial charge < -0.3 is 4.90 Å². The van der Waals surface area contributed by atoms with Gasteiger partial charge in [0.05, 0.1) is 20.1 Å². The Kier molecular flexibility index (Phi) is 6.09. The van der Waals surface area contributed by atoms with Crippen molar-refractivity contribution in [1.29, 1.82) is 0 Å². The molecule has 0 aliphatic carbocycles. The van der Waals surface area contributed by atoms with E-state index in [1.807, 2.05) is 25.1 Å². The van der Waals surface area contributed by atoms with Gasteiger partial charge in [-0.2, -0.15) is 0 Å². The minimum Gasteiger partial charge on any atom is -0.339 e. The van der Waals surface area contributed by atoms with E-state index in [0.29, 0.717) is 35.2 Å². The molecule has 0 atom stereocenters.